The number of anilines is 1. The summed E-state index contributed by atoms with van der Waals surface area (Å²) in [6, 6.07) is 12.8. The molecule has 206 valence electrons. The molecule has 2 aromatic carbocycles. The third-order valence-electron chi connectivity index (χ3n) is 6.93. The molecule has 1 fully saturated rings. The lowest BCUT2D eigenvalue weighted by molar-refractivity contribution is 0.102. The fourth-order valence-corrected chi connectivity index (χ4v) is 4.81. The van der Waals surface area contributed by atoms with Gasteiger partial charge in [0.15, 0.2) is 17.3 Å². The van der Waals surface area contributed by atoms with Gasteiger partial charge in [-0.05, 0) is 48.6 Å². The first kappa shape index (κ1) is 26.1. The van der Waals surface area contributed by atoms with Crippen LogP contribution < -0.4 is 20.2 Å². The van der Waals surface area contributed by atoms with Gasteiger partial charge in [-0.3, -0.25) is 14.6 Å². The predicted molar refractivity (Wildman–Crippen MR) is 150 cm³/mol. The summed E-state index contributed by atoms with van der Waals surface area (Å²) < 4.78 is 41.4. The molecule has 1 amide bonds. The highest BCUT2D eigenvalue weighted by molar-refractivity contribution is 6.04. The highest BCUT2D eigenvalue weighted by atomic mass is 19.1. The Morgan fingerprint density at radius 2 is 1.80 bits per heavy atom. The van der Waals surface area contributed by atoms with Gasteiger partial charge in [0.05, 0.1) is 18.8 Å². The second-order valence-corrected chi connectivity index (χ2v) is 9.78. The van der Waals surface area contributed by atoms with Crippen LogP contribution in [-0.2, 0) is 7.05 Å². The van der Waals surface area contributed by atoms with E-state index in [1.165, 1.54) is 62.1 Å². The van der Waals surface area contributed by atoms with Gasteiger partial charge < -0.3 is 19.4 Å². The summed E-state index contributed by atoms with van der Waals surface area (Å²) in [7, 11) is 3.29. The topological polar surface area (TPSA) is 95.3 Å². The molecule has 6 rings (SSSR count). The van der Waals surface area contributed by atoms with Gasteiger partial charge in [0.2, 0.25) is 5.43 Å². The van der Waals surface area contributed by atoms with Gasteiger partial charge in [-0.2, -0.15) is 0 Å². The van der Waals surface area contributed by atoms with E-state index in [9.17, 15) is 14.0 Å². The molecule has 8 nitrogen and oxygen atoms in total. The second-order valence-electron chi connectivity index (χ2n) is 9.78. The van der Waals surface area contributed by atoms with E-state index in [1.54, 1.807) is 23.7 Å². The third-order valence-corrected chi connectivity index (χ3v) is 6.93. The number of nitrogens with one attached hydrogen (secondary N) is 1. The number of aromatic nitrogens is 3. The first-order valence-corrected chi connectivity index (χ1v) is 12.9. The Bertz CT molecular complexity index is 1870. The molecular weight excluding hydrogens is 530 g/mol. The lowest BCUT2D eigenvalue weighted by atomic mass is 9.98. The lowest BCUT2D eigenvalue weighted by Gasteiger charge is -2.16. The van der Waals surface area contributed by atoms with Crippen molar-refractivity contribution in [1.82, 2.24) is 14.5 Å². The van der Waals surface area contributed by atoms with Crippen molar-refractivity contribution in [3.63, 3.8) is 0 Å². The summed E-state index contributed by atoms with van der Waals surface area (Å²) in [6.07, 6.45) is 6.37. The molecule has 0 aliphatic heterocycles. The Morgan fingerprint density at radius 1 is 1.02 bits per heavy atom. The largest absolute Gasteiger partial charge is 0.495 e. The molecule has 1 aliphatic carbocycles. The Morgan fingerprint density at radius 3 is 2.51 bits per heavy atom. The van der Waals surface area contributed by atoms with Gasteiger partial charge in [0.1, 0.15) is 22.6 Å². The van der Waals surface area contributed by atoms with Gasteiger partial charge >= 0.3 is 0 Å². The molecule has 1 aliphatic rings. The molecule has 0 saturated heterocycles. The summed E-state index contributed by atoms with van der Waals surface area (Å²) in [5.74, 6) is -0.919. The summed E-state index contributed by atoms with van der Waals surface area (Å²) in [5.41, 5.74) is 2.21. The monoisotopic (exact) mass is 554 g/mol. The maximum Gasteiger partial charge on any atom is 0.261 e. The lowest BCUT2D eigenvalue weighted by Crippen LogP contribution is -2.26. The van der Waals surface area contributed by atoms with E-state index in [0.717, 1.165) is 24.6 Å². The number of amides is 1. The van der Waals surface area contributed by atoms with Crippen LogP contribution in [-0.4, -0.2) is 27.6 Å². The number of rotatable bonds is 7. The van der Waals surface area contributed by atoms with Gasteiger partial charge in [-0.25, -0.2) is 13.8 Å². The minimum atomic E-state index is -0.731. The van der Waals surface area contributed by atoms with E-state index < -0.39 is 23.0 Å². The average Bonchev–Trinajstić information content (AvgIpc) is 3.81. The molecule has 5 aromatic rings. The van der Waals surface area contributed by atoms with E-state index >= 15 is 4.39 Å². The van der Waals surface area contributed by atoms with Crippen molar-refractivity contribution in [2.24, 2.45) is 7.05 Å². The molecule has 3 aromatic heterocycles. The minimum Gasteiger partial charge on any atom is -0.495 e. The zero-order chi connectivity index (χ0) is 28.7. The van der Waals surface area contributed by atoms with Gasteiger partial charge in [-0.1, -0.05) is 12.1 Å². The van der Waals surface area contributed by atoms with Crippen LogP contribution in [0.25, 0.3) is 22.2 Å². The van der Waals surface area contributed by atoms with Crippen LogP contribution in [0.1, 0.15) is 34.8 Å². The van der Waals surface area contributed by atoms with Crippen LogP contribution in [0.5, 0.6) is 17.2 Å². The van der Waals surface area contributed by atoms with Crippen molar-refractivity contribution in [3.8, 4) is 28.4 Å². The molecule has 10 heteroatoms. The molecule has 0 atom stereocenters. The zero-order valence-corrected chi connectivity index (χ0v) is 22.2. The number of carbonyl (C=O) groups is 1. The number of benzene rings is 2. The Labute approximate surface area is 233 Å². The van der Waals surface area contributed by atoms with Gasteiger partial charge in [-0.15, -0.1) is 0 Å². The highest BCUT2D eigenvalue weighted by Crippen LogP contribution is 2.43. The molecule has 1 saturated carbocycles. The number of hydrogen-bond donors (Lipinski definition) is 1. The van der Waals surface area contributed by atoms with Crippen LogP contribution in [0.4, 0.5) is 14.5 Å². The second kappa shape index (κ2) is 10.5. The quantitative estimate of drug-likeness (QED) is 0.257. The molecule has 1 N–H and O–H groups in total. The zero-order valence-electron chi connectivity index (χ0n) is 22.2. The third kappa shape index (κ3) is 5.11. The van der Waals surface area contributed by atoms with Crippen LogP contribution in [0.15, 0.2) is 78.0 Å². The van der Waals surface area contributed by atoms with Crippen molar-refractivity contribution in [2.75, 3.05) is 12.4 Å². The molecular formula is C31H24F2N4O4. The molecule has 0 radical (unpaired) electrons. The van der Waals surface area contributed by atoms with E-state index in [-0.39, 0.29) is 22.9 Å². The number of hydrogen-bond acceptors (Lipinski definition) is 6. The van der Waals surface area contributed by atoms with Crippen molar-refractivity contribution in [3.05, 3.63) is 106 Å². The van der Waals surface area contributed by atoms with Crippen LogP contribution in [0, 0.1) is 11.6 Å². The SMILES string of the molecule is COc1cnc2c(Oc3ccc(NC(=O)c4cn(C)c(C5CC5)c(-c5ccc(F)cc5)c4=O)cc3F)ccnc2c1. The van der Waals surface area contributed by atoms with Crippen LogP contribution in [0.2, 0.25) is 0 Å². The van der Waals surface area contributed by atoms with E-state index in [0.29, 0.717) is 33.7 Å². The normalized spacial score (nSPS) is 12.8. The Hall–Kier alpha value is -5.12. The summed E-state index contributed by atoms with van der Waals surface area (Å²) >= 11 is 0. The molecule has 0 bridgehead atoms. The molecule has 0 spiro atoms. The van der Waals surface area contributed by atoms with Crippen molar-refractivity contribution in [1.29, 1.82) is 0 Å². The number of aryl methyl sites for hydroxylation is 1. The van der Waals surface area contributed by atoms with Gasteiger partial charge in [0, 0.05) is 54.6 Å². The van der Waals surface area contributed by atoms with Crippen molar-refractivity contribution >= 4 is 22.6 Å². The number of methoxy groups -OCH3 is 1. The number of carbonyl (C=O) groups excluding carboxylic acids is 1. The fourth-order valence-electron chi connectivity index (χ4n) is 4.81. The molecule has 41 heavy (non-hydrogen) atoms. The van der Waals surface area contributed by atoms with E-state index in [1.807, 2.05) is 0 Å². The maximum atomic E-state index is 15.1. The fraction of sp³-hybridized carbons (Fsp3) is 0.161. The smallest absolute Gasteiger partial charge is 0.261 e. The van der Waals surface area contributed by atoms with Crippen LogP contribution in [0.3, 0.4) is 0 Å². The first-order valence-electron chi connectivity index (χ1n) is 12.9. The van der Waals surface area contributed by atoms with Gasteiger partial charge in [0.25, 0.3) is 5.91 Å². The predicted octanol–water partition coefficient (Wildman–Crippen LogP) is 6.20. The summed E-state index contributed by atoms with van der Waals surface area (Å²) in [5, 5.41) is 2.61. The van der Waals surface area contributed by atoms with Crippen molar-refractivity contribution < 1.29 is 23.0 Å². The van der Waals surface area contributed by atoms with E-state index in [4.69, 9.17) is 9.47 Å². The summed E-state index contributed by atoms with van der Waals surface area (Å²) in [4.78, 5) is 35.4. The number of nitrogens with zero attached hydrogens (tertiary/aromatic N) is 3. The maximum absolute atomic E-state index is 15.1. The molecule has 0 unspecified atom stereocenters. The van der Waals surface area contributed by atoms with Crippen molar-refractivity contribution in [2.45, 2.75) is 18.8 Å². The average molecular weight is 555 g/mol. The minimum absolute atomic E-state index is 0.0867. The number of fused-ring (bicyclic) bond motifs is 1. The first-order chi connectivity index (χ1) is 19.8. The standard InChI is InChI=1S/C31H24F2N4O4/c1-37-16-22(30(38)27(29(37)18-3-4-18)17-5-7-19(32)8-6-17)31(39)36-20-9-10-25(23(33)13-20)41-26-11-12-34-24-14-21(40-2)15-35-28(24)26/h5-16,18H,3-4H2,1-2H3,(H,36,39). The Balaban J connectivity index is 1.28. The Kier molecular flexibility index (Phi) is 6.66. The number of pyridine rings is 3. The van der Waals surface area contributed by atoms with E-state index in [2.05, 4.69) is 15.3 Å². The summed E-state index contributed by atoms with van der Waals surface area (Å²) in [6.45, 7) is 0. The number of ether oxygens (including phenoxy) is 2. The van der Waals surface area contributed by atoms with Crippen LogP contribution >= 0.6 is 0 Å². The number of halogens is 2. The molecule has 3 heterocycles. The highest BCUT2D eigenvalue weighted by Gasteiger charge is 2.31.